The molecule has 1 aromatic carbocycles. The van der Waals surface area contributed by atoms with Crippen LogP contribution in [-0.4, -0.2) is 13.7 Å². The minimum Gasteiger partial charge on any atom is -0.496 e. The summed E-state index contributed by atoms with van der Waals surface area (Å²) in [6.07, 6.45) is 5.21. The molecule has 0 aliphatic carbocycles. The van der Waals surface area contributed by atoms with E-state index in [-0.39, 0.29) is 0 Å². The summed E-state index contributed by atoms with van der Waals surface area (Å²) in [4.78, 5) is 0. The maximum absolute atomic E-state index is 5.42. The Morgan fingerprint density at radius 3 is 2.58 bits per heavy atom. The van der Waals surface area contributed by atoms with E-state index < -0.39 is 0 Å². The highest BCUT2D eigenvalue weighted by molar-refractivity contribution is 5.35. The van der Waals surface area contributed by atoms with E-state index in [0.717, 1.165) is 18.2 Å². The van der Waals surface area contributed by atoms with Crippen LogP contribution in [0.4, 0.5) is 0 Å². The van der Waals surface area contributed by atoms with Crippen molar-refractivity contribution in [3.05, 3.63) is 29.8 Å². The molecule has 19 heavy (non-hydrogen) atoms. The molecule has 1 aromatic rings. The Morgan fingerprint density at radius 1 is 1.21 bits per heavy atom. The van der Waals surface area contributed by atoms with Gasteiger partial charge < -0.3 is 10.1 Å². The summed E-state index contributed by atoms with van der Waals surface area (Å²) in [5, 5.41) is 3.65. The van der Waals surface area contributed by atoms with E-state index in [9.17, 15) is 0 Å². The van der Waals surface area contributed by atoms with Crippen LogP contribution >= 0.6 is 0 Å². The molecule has 1 rings (SSSR count). The zero-order chi connectivity index (χ0) is 14.1. The van der Waals surface area contributed by atoms with Crippen LogP contribution in [0.3, 0.4) is 0 Å². The third-order valence-corrected chi connectivity index (χ3v) is 3.86. The Morgan fingerprint density at radius 2 is 1.95 bits per heavy atom. The summed E-state index contributed by atoms with van der Waals surface area (Å²) in [6.45, 7) is 7.85. The van der Waals surface area contributed by atoms with Crippen LogP contribution in [0.25, 0.3) is 0 Å². The summed E-state index contributed by atoms with van der Waals surface area (Å²) >= 11 is 0. The molecule has 2 heteroatoms. The van der Waals surface area contributed by atoms with E-state index in [1.807, 2.05) is 12.1 Å². The third-order valence-electron chi connectivity index (χ3n) is 3.86. The second-order valence-electron chi connectivity index (χ2n) is 5.29. The van der Waals surface area contributed by atoms with E-state index in [1.54, 1.807) is 7.11 Å². The lowest BCUT2D eigenvalue weighted by Gasteiger charge is -2.21. The van der Waals surface area contributed by atoms with Crippen molar-refractivity contribution in [2.24, 2.45) is 5.92 Å². The third kappa shape index (κ3) is 5.23. The molecule has 0 spiro atoms. The number of methoxy groups -OCH3 is 1. The van der Waals surface area contributed by atoms with Crippen molar-refractivity contribution in [1.29, 1.82) is 0 Å². The van der Waals surface area contributed by atoms with Gasteiger partial charge in [0.25, 0.3) is 0 Å². The van der Waals surface area contributed by atoms with Crippen LogP contribution in [0, 0.1) is 5.92 Å². The predicted molar refractivity (Wildman–Crippen MR) is 82.7 cm³/mol. The minimum absolute atomic E-state index is 0.340. The average Bonchev–Trinajstić information content (AvgIpc) is 2.47. The van der Waals surface area contributed by atoms with Crippen molar-refractivity contribution < 1.29 is 4.74 Å². The predicted octanol–water partition coefficient (Wildman–Crippen LogP) is 4.56. The summed E-state index contributed by atoms with van der Waals surface area (Å²) < 4.78 is 5.42. The molecule has 0 saturated heterocycles. The van der Waals surface area contributed by atoms with Crippen LogP contribution in [0.5, 0.6) is 5.75 Å². The van der Waals surface area contributed by atoms with Crippen LogP contribution in [0.15, 0.2) is 24.3 Å². The fourth-order valence-corrected chi connectivity index (χ4v) is 2.42. The van der Waals surface area contributed by atoms with Crippen molar-refractivity contribution in [3.63, 3.8) is 0 Å². The average molecular weight is 263 g/mol. The van der Waals surface area contributed by atoms with Gasteiger partial charge in [-0.05, 0) is 31.9 Å². The van der Waals surface area contributed by atoms with Gasteiger partial charge in [-0.25, -0.2) is 0 Å². The first kappa shape index (κ1) is 16.0. The van der Waals surface area contributed by atoms with Crippen molar-refractivity contribution in [3.8, 4) is 5.75 Å². The van der Waals surface area contributed by atoms with Crippen LogP contribution in [0.2, 0.25) is 0 Å². The van der Waals surface area contributed by atoms with Gasteiger partial charge in [-0.15, -0.1) is 0 Å². The lowest BCUT2D eigenvalue weighted by molar-refractivity contribution is 0.380. The summed E-state index contributed by atoms with van der Waals surface area (Å²) in [7, 11) is 1.74. The molecule has 0 heterocycles. The maximum Gasteiger partial charge on any atom is 0.123 e. The summed E-state index contributed by atoms with van der Waals surface area (Å²) in [5.41, 5.74) is 1.25. The van der Waals surface area contributed by atoms with Crippen molar-refractivity contribution in [1.82, 2.24) is 5.32 Å². The zero-order valence-corrected chi connectivity index (χ0v) is 12.9. The zero-order valence-electron chi connectivity index (χ0n) is 12.9. The number of nitrogens with one attached hydrogen (secondary N) is 1. The molecule has 0 bridgehead atoms. The lowest BCUT2D eigenvalue weighted by atomic mass is 9.98. The Bertz CT molecular complexity index is 351. The molecule has 0 aliphatic heterocycles. The Balaban J connectivity index is 2.51. The van der Waals surface area contributed by atoms with Gasteiger partial charge in [-0.3, -0.25) is 0 Å². The smallest absolute Gasteiger partial charge is 0.123 e. The number of benzene rings is 1. The molecule has 2 atom stereocenters. The molecule has 0 aliphatic rings. The fraction of sp³-hybridized carbons (Fsp3) is 0.647. The molecule has 108 valence electrons. The molecule has 1 N–H and O–H groups in total. The summed E-state index contributed by atoms with van der Waals surface area (Å²) in [6, 6.07) is 8.60. The number of hydrogen-bond acceptors (Lipinski definition) is 2. The highest BCUT2D eigenvalue weighted by Crippen LogP contribution is 2.24. The van der Waals surface area contributed by atoms with Gasteiger partial charge in [0.15, 0.2) is 0 Å². The van der Waals surface area contributed by atoms with Gasteiger partial charge in [-0.1, -0.05) is 51.3 Å². The topological polar surface area (TPSA) is 21.3 Å². The molecular weight excluding hydrogens is 234 g/mol. The standard InChI is InChI=1S/C17H29NO/c1-5-7-10-15(6-2)13-18-14(3)16-11-8-9-12-17(16)19-4/h8-9,11-12,14-15,18H,5-7,10,13H2,1-4H3/t14-,15?/m0/s1. The molecule has 1 unspecified atom stereocenters. The molecule has 0 radical (unpaired) electrons. The first-order valence-corrected chi connectivity index (χ1v) is 7.59. The normalized spacial score (nSPS) is 14.1. The van der Waals surface area contributed by atoms with Gasteiger partial charge >= 0.3 is 0 Å². The van der Waals surface area contributed by atoms with Gasteiger partial charge in [0.2, 0.25) is 0 Å². The minimum atomic E-state index is 0.340. The van der Waals surface area contributed by atoms with E-state index in [0.29, 0.717) is 6.04 Å². The van der Waals surface area contributed by atoms with E-state index in [4.69, 9.17) is 4.74 Å². The van der Waals surface area contributed by atoms with Gasteiger partial charge in [0, 0.05) is 11.6 Å². The Labute approximate surface area is 118 Å². The maximum atomic E-state index is 5.42. The largest absolute Gasteiger partial charge is 0.496 e. The highest BCUT2D eigenvalue weighted by atomic mass is 16.5. The first-order chi connectivity index (χ1) is 9.22. The highest BCUT2D eigenvalue weighted by Gasteiger charge is 2.12. The molecule has 0 fully saturated rings. The van der Waals surface area contributed by atoms with Crippen LogP contribution in [0.1, 0.15) is 58.1 Å². The molecular formula is C17H29NO. The fourth-order valence-electron chi connectivity index (χ4n) is 2.42. The number of hydrogen-bond donors (Lipinski definition) is 1. The lowest BCUT2D eigenvalue weighted by Crippen LogP contribution is -2.25. The number of rotatable bonds is 9. The second-order valence-corrected chi connectivity index (χ2v) is 5.29. The molecule has 0 saturated carbocycles. The van der Waals surface area contributed by atoms with Crippen LogP contribution in [-0.2, 0) is 0 Å². The van der Waals surface area contributed by atoms with E-state index in [2.05, 4.69) is 38.2 Å². The van der Waals surface area contributed by atoms with Gasteiger partial charge in [0.1, 0.15) is 5.75 Å². The number of para-hydroxylation sites is 1. The molecule has 0 amide bonds. The van der Waals surface area contributed by atoms with E-state index >= 15 is 0 Å². The molecule has 2 nitrogen and oxygen atoms in total. The van der Waals surface area contributed by atoms with Crippen molar-refractivity contribution >= 4 is 0 Å². The van der Waals surface area contributed by atoms with E-state index in [1.165, 1.54) is 31.2 Å². The first-order valence-electron chi connectivity index (χ1n) is 7.59. The number of unbranched alkanes of at least 4 members (excludes halogenated alkanes) is 1. The summed E-state index contributed by atoms with van der Waals surface area (Å²) in [5.74, 6) is 1.77. The molecule has 0 aromatic heterocycles. The second kappa shape index (κ2) is 8.98. The Kier molecular flexibility index (Phi) is 7.57. The number of ether oxygens (including phenoxy) is 1. The van der Waals surface area contributed by atoms with Crippen molar-refractivity contribution in [2.75, 3.05) is 13.7 Å². The Hall–Kier alpha value is -1.02. The monoisotopic (exact) mass is 263 g/mol. The SMILES string of the molecule is CCCCC(CC)CN[C@@H](C)c1ccccc1OC. The van der Waals surface area contributed by atoms with Gasteiger partial charge in [-0.2, -0.15) is 0 Å². The van der Waals surface area contributed by atoms with Crippen molar-refractivity contribution in [2.45, 2.75) is 52.5 Å². The van der Waals surface area contributed by atoms with Crippen LogP contribution < -0.4 is 10.1 Å². The van der Waals surface area contributed by atoms with Gasteiger partial charge in [0.05, 0.1) is 7.11 Å². The quantitative estimate of drug-likeness (QED) is 0.705.